The van der Waals surface area contributed by atoms with Gasteiger partial charge >= 0.3 is 0 Å². The molecule has 0 bridgehead atoms. The Bertz CT molecular complexity index is 1510. The van der Waals surface area contributed by atoms with Gasteiger partial charge in [0.2, 0.25) is 5.95 Å². The summed E-state index contributed by atoms with van der Waals surface area (Å²) in [6.45, 7) is 1.52. The van der Waals surface area contributed by atoms with E-state index >= 15 is 0 Å². The Morgan fingerprint density at radius 2 is 1.76 bits per heavy atom. The van der Waals surface area contributed by atoms with Crippen LogP contribution in [0.4, 0.5) is 5.95 Å². The molecule has 1 N–H and O–H groups in total. The molecule has 1 saturated heterocycles. The summed E-state index contributed by atoms with van der Waals surface area (Å²) in [5, 5.41) is 12.3. The number of pyridine rings is 1. The SMILES string of the molecule is COc1ccc(Oc2ccccc2-c2nnc3cc(-c4ccnc(NC5CCOCC5)n4)ccn23)cc1. The third-order valence-electron chi connectivity index (χ3n) is 6.33. The Hall–Kier alpha value is -4.50. The molecule has 0 unspecified atom stereocenters. The number of nitrogens with zero attached hydrogens (tertiary/aromatic N) is 5. The zero-order chi connectivity index (χ0) is 25.0. The van der Waals surface area contributed by atoms with Crippen molar-refractivity contribution < 1.29 is 14.2 Å². The fraction of sp³-hybridized carbons (Fsp3) is 0.214. The third kappa shape index (κ3) is 4.94. The number of methoxy groups -OCH3 is 1. The monoisotopic (exact) mass is 494 g/mol. The summed E-state index contributed by atoms with van der Waals surface area (Å²) in [5.41, 5.74) is 3.30. The molecule has 2 aromatic carbocycles. The molecule has 5 aromatic rings. The van der Waals surface area contributed by atoms with Crippen LogP contribution in [0.25, 0.3) is 28.3 Å². The molecule has 0 amide bonds. The largest absolute Gasteiger partial charge is 0.497 e. The number of benzene rings is 2. The number of anilines is 1. The van der Waals surface area contributed by atoms with Crippen molar-refractivity contribution >= 4 is 11.6 Å². The smallest absolute Gasteiger partial charge is 0.223 e. The Morgan fingerprint density at radius 1 is 0.946 bits per heavy atom. The number of ether oxygens (including phenoxy) is 3. The van der Waals surface area contributed by atoms with Crippen molar-refractivity contribution in [3.05, 3.63) is 79.1 Å². The van der Waals surface area contributed by atoms with Crippen molar-refractivity contribution in [1.82, 2.24) is 24.6 Å². The van der Waals surface area contributed by atoms with Gasteiger partial charge in [-0.05, 0) is 67.4 Å². The molecule has 6 rings (SSSR count). The Labute approximate surface area is 214 Å². The van der Waals surface area contributed by atoms with Crippen LogP contribution in [0.5, 0.6) is 17.2 Å². The number of fused-ring (bicyclic) bond motifs is 1. The van der Waals surface area contributed by atoms with Crippen LogP contribution in [0, 0.1) is 0 Å². The number of nitrogens with one attached hydrogen (secondary N) is 1. The molecule has 37 heavy (non-hydrogen) atoms. The summed E-state index contributed by atoms with van der Waals surface area (Å²) in [4.78, 5) is 9.13. The lowest BCUT2D eigenvalue weighted by atomic mass is 10.1. The van der Waals surface area contributed by atoms with Gasteiger partial charge in [-0.25, -0.2) is 9.97 Å². The van der Waals surface area contributed by atoms with Gasteiger partial charge in [-0.3, -0.25) is 4.40 Å². The van der Waals surface area contributed by atoms with Gasteiger partial charge in [0.25, 0.3) is 0 Å². The molecule has 186 valence electrons. The zero-order valence-electron chi connectivity index (χ0n) is 20.4. The van der Waals surface area contributed by atoms with Crippen LogP contribution >= 0.6 is 0 Å². The van der Waals surface area contributed by atoms with Crippen LogP contribution in [0.15, 0.2) is 79.1 Å². The summed E-state index contributed by atoms with van der Waals surface area (Å²) >= 11 is 0. The van der Waals surface area contributed by atoms with E-state index in [1.807, 2.05) is 77.3 Å². The van der Waals surface area contributed by atoms with Crippen molar-refractivity contribution in [2.45, 2.75) is 18.9 Å². The molecule has 0 atom stereocenters. The van der Waals surface area contributed by atoms with Gasteiger partial charge in [-0.2, -0.15) is 0 Å². The van der Waals surface area contributed by atoms with Crippen molar-refractivity contribution in [3.63, 3.8) is 0 Å². The average molecular weight is 495 g/mol. The number of aromatic nitrogens is 5. The van der Waals surface area contributed by atoms with Crippen LogP contribution in [0.3, 0.4) is 0 Å². The second kappa shape index (κ2) is 10.2. The number of hydrogen-bond acceptors (Lipinski definition) is 8. The maximum atomic E-state index is 6.18. The van der Waals surface area contributed by atoms with Gasteiger partial charge in [-0.15, -0.1) is 10.2 Å². The molecule has 0 spiro atoms. The summed E-state index contributed by atoms with van der Waals surface area (Å²) in [6, 6.07) is 21.5. The van der Waals surface area contributed by atoms with E-state index in [4.69, 9.17) is 19.2 Å². The molecule has 0 radical (unpaired) electrons. The standard InChI is InChI=1S/C28H26N6O3/c1-35-21-6-8-22(9-7-21)37-25-5-3-2-4-23(25)27-33-32-26-18-19(11-15-34(26)27)24-10-14-29-28(31-24)30-20-12-16-36-17-13-20/h2-11,14-15,18,20H,12-13,16-17H2,1H3,(H,29,30,31). The summed E-state index contributed by atoms with van der Waals surface area (Å²) in [6.07, 6.45) is 5.63. The molecule has 0 saturated carbocycles. The number of hydrogen-bond donors (Lipinski definition) is 1. The highest BCUT2D eigenvalue weighted by Crippen LogP contribution is 2.33. The third-order valence-corrected chi connectivity index (χ3v) is 6.33. The molecular formula is C28H26N6O3. The van der Waals surface area contributed by atoms with E-state index in [0.717, 1.165) is 48.6 Å². The molecule has 4 heterocycles. The minimum atomic E-state index is 0.325. The molecule has 0 aliphatic carbocycles. The van der Waals surface area contributed by atoms with Crippen molar-refractivity contribution in [3.8, 4) is 39.9 Å². The highest BCUT2D eigenvalue weighted by molar-refractivity contribution is 5.70. The van der Waals surface area contributed by atoms with E-state index in [1.165, 1.54) is 0 Å². The van der Waals surface area contributed by atoms with Crippen molar-refractivity contribution in [2.24, 2.45) is 0 Å². The Balaban J connectivity index is 1.28. The second-order valence-corrected chi connectivity index (χ2v) is 8.74. The van der Waals surface area contributed by atoms with Crippen molar-refractivity contribution in [1.29, 1.82) is 0 Å². The van der Waals surface area contributed by atoms with Gasteiger partial charge in [0.05, 0.1) is 18.4 Å². The molecule has 1 aliphatic rings. The topological polar surface area (TPSA) is 95.7 Å². The molecule has 1 fully saturated rings. The van der Waals surface area contributed by atoms with E-state index in [0.29, 0.717) is 35.0 Å². The highest BCUT2D eigenvalue weighted by Gasteiger charge is 2.17. The van der Waals surface area contributed by atoms with E-state index in [2.05, 4.69) is 20.5 Å². The van der Waals surface area contributed by atoms with Gasteiger partial charge in [0, 0.05) is 37.2 Å². The van der Waals surface area contributed by atoms with Crippen LogP contribution in [0.1, 0.15) is 12.8 Å². The lowest BCUT2D eigenvalue weighted by molar-refractivity contribution is 0.0903. The van der Waals surface area contributed by atoms with Crippen LogP contribution in [-0.2, 0) is 4.74 Å². The number of rotatable bonds is 7. The Morgan fingerprint density at radius 3 is 2.59 bits per heavy atom. The molecule has 1 aliphatic heterocycles. The summed E-state index contributed by atoms with van der Waals surface area (Å²) in [7, 11) is 1.64. The zero-order valence-corrected chi connectivity index (χ0v) is 20.4. The summed E-state index contributed by atoms with van der Waals surface area (Å²) in [5.74, 6) is 3.48. The van der Waals surface area contributed by atoms with Gasteiger partial charge in [0.1, 0.15) is 17.2 Å². The Kier molecular flexibility index (Phi) is 6.35. The maximum absolute atomic E-state index is 6.18. The highest BCUT2D eigenvalue weighted by atomic mass is 16.5. The normalized spacial score (nSPS) is 14.0. The maximum Gasteiger partial charge on any atom is 0.223 e. The predicted molar refractivity (Wildman–Crippen MR) is 140 cm³/mol. The fourth-order valence-electron chi connectivity index (χ4n) is 4.36. The first-order chi connectivity index (χ1) is 18.3. The number of para-hydroxylation sites is 1. The molecule has 9 heteroatoms. The predicted octanol–water partition coefficient (Wildman–Crippen LogP) is 5.25. The van der Waals surface area contributed by atoms with E-state index in [-0.39, 0.29) is 0 Å². The first kappa shape index (κ1) is 22.9. The average Bonchev–Trinajstić information content (AvgIpc) is 3.38. The first-order valence-electron chi connectivity index (χ1n) is 12.2. The van der Waals surface area contributed by atoms with Crippen molar-refractivity contribution in [2.75, 3.05) is 25.6 Å². The van der Waals surface area contributed by atoms with Gasteiger partial charge in [-0.1, -0.05) is 12.1 Å². The van der Waals surface area contributed by atoms with Gasteiger partial charge < -0.3 is 19.5 Å². The van der Waals surface area contributed by atoms with Crippen LogP contribution in [0.2, 0.25) is 0 Å². The van der Waals surface area contributed by atoms with E-state index < -0.39 is 0 Å². The van der Waals surface area contributed by atoms with Crippen LogP contribution < -0.4 is 14.8 Å². The second-order valence-electron chi connectivity index (χ2n) is 8.74. The summed E-state index contributed by atoms with van der Waals surface area (Å²) < 4.78 is 18.8. The lowest BCUT2D eigenvalue weighted by Crippen LogP contribution is -2.28. The van der Waals surface area contributed by atoms with E-state index in [9.17, 15) is 0 Å². The van der Waals surface area contributed by atoms with E-state index in [1.54, 1.807) is 13.3 Å². The fourth-order valence-corrected chi connectivity index (χ4v) is 4.36. The molecular weight excluding hydrogens is 468 g/mol. The molecule has 9 nitrogen and oxygen atoms in total. The quantitative estimate of drug-likeness (QED) is 0.328. The first-order valence-corrected chi connectivity index (χ1v) is 12.2. The minimum absolute atomic E-state index is 0.325. The van der Waals surface area contributed by atoms with Gasteiger partial charge in [0.15, 0.2) is 11.5 Å². The lowest BCUT2D eigenvalue weighted by Gasteiger charge is -2.23. The minimum Gasteiger partial charge on any atom is -0.497 e. The molecule has 3 aromatic heterocycles. The van der Waals surface area contributed by atoms with Crippen LogP contribution in [-0.4, -0.2) is 50.9 Å².